The van der Waals surface area contributed by atoms with Crippen LogP contribution < -0.4 is 5.73 Å². The van der Waals surface area contributed by atoms with E-state index in [0.29, 0.717) is 24.1 Å². The van der Waals surface area contributed by atoms with Gasteiger partial charge in [0.2, 0.25) is 0 Å². The molecule has 0 atom stereocenters. The number of nitrogens with two attached hydrogens (primary N) is 1. The summed E-state index contributed by atoms with van der Waals surface area (Å²) in [5, 5.41) is 8.31. The molecule has 0 unspecified atom stereocenters. The highest BCUT2D eigenvalue weighted by Gasteiger charge is 2.08. The predicted octanol–water partition coefficient (Wildman–Crippen LogP) is 2.49. The number of halogens is 1. The second kappa shape index (κ2) is 6.13. The van der Waals surface area contributed by atoms with Crippen LogP contribution in [0.4, 0.5) is 5.69 Å². The van der Waals surface area contributed by atoms with Gasteiger partial charge in [-0.05, 0) is 24.6 Å². The molecule has 0 radical (unpaired) electrons. The summed E-state index contributed by atoms with van der Waals surface area (Å²) in [5.74, 6) is -0.425. The van der Waals surface area contributed by atoms with Gasteiger partial charge >= 0.3 is 5.97 Å². The predicted molar refractivity (Wildman–Crippen MR) is 63.7 cm³/mol. The lowest BCUT2D eigenvalue weighted by molar-refractivity contribution is 0.0501. The van der Waals surface area contributed by atoms with Gasteiger partial charge in [-0.1, -0.05) is 15.9 Å². The van der Waals surface area contributed by atoms with Crippen molar-refractivity contribution in [3.8, 4) is 6.07 Å². The summed E-state index contributed by atoms with van der Waals surface area (Å²) in [4.78, 5) is 11.5. The zero-order valence-electron chi connectivity index (χ0n) is 8.57. The summed E-state index contributed by atoms with van der Waals surface area (Å²) in [6.07, 6.45) is 0.930. The molecule has 0 aliphatic rings. The molecular formula is C11H11BrN2O2. The Labute approximate surface area is 102 Å². The Bertz CT molecular complexity index is 406. The monoisotopic (exact) mass is 282 g/mol. The van der Waals surface area contributed by atoms with E-state index in [0.717, 1.165) is 4.47 Å². The van der Waals surface area contributed by atoms with Crippen LogP contribution in [0.1, 0.15) is 23.2 Å². The molecule has 0 fully saturated rings. The maximum atomic E-state index is 11.5. The average molecular weight is 283 g/mol. The molecule has 4 nitrogen and oxygen atoms in total. The molecular weight excluding hydrogens is 272 g/mol. The molecule has 5 heteroatoms. The van der Waals surface area contributed by atoms with E-state index < -0.39 is 5.97 Å². The second-order valence-electron chi connectivity index (χ2n) is 3.17. The van der Waals surface area contributed by atoms with Crippen LogP contribution in [0.2, 0.25) is 0 Å². The standard InChI is InChI=1S/C11H11BrN2O2/c12-9-5-8(6-10(14)7-9)11(15)16-4-2-1-3-13/h5-7H,1-2,4,14H2. The van der Waals surface area contributed by atoms with Crippen molar-refractivity contribution in [3.05, 3.63) is 28.2 Å². The summed E-state index contributed by atoms with van der Waals surface area (Å²) in [6.45, 7) is 0.249. The van der Waals surface area contributed by atoms with Gasteiger partial charge in [-0.3, -0.25) is 0 Å². The number of hydrogen-bond donors (Lipinski definition) is 1. The maximum absolute atomic E-state index is 11.5. The molecule has 0 saturated carbocycles. The zero-order valence-corrected chi connectivity index (χ0v) is 10.2. The number of unbranched alkanes of at least 4 members (excludes halogenated alkanes) is 1. The fourth-order valence-electron chi connectivity index (χ4n) is 1.13. The van der Waals surface area contributed by atoms with Crippen molar-refractivity contribution in [2.45, 2.75) is 12.8 Å². The van der Waals surface area contributed by atoms with E-state index in [1.807, 2.05) is 6.07 Å². The van der Waals surface area contributed by atoms with Crippen LogP contribution in [-0.4, -0.2) is 12.6 Å². The van der Waals surface area contributed by atoms with Gasteiger partial charge in [-0.15, -0.1) is 0 Å². The van der Waals surface area contributed by atoms with Gasteiger partial charge in [-0.25, -0.2) is 4.79 Å². The molecule has 0 saturated heterocycles. The van der Waals surface area contributed by atoms with Gasteiger partial charge in [0.05, 0.1) is 18.2 Å². The van der Waals surface area contributed by atoms with Crippen molar-refractivity contribution in [1.82, 2.24) is 0 Å². The lowest BCUT2D eigenvalue weighted by Crippen LogP contribution is -2.07. The summed E-state index contributed by atoms with van der Waals surface area (Å²) in [7, 11) is 0. The Morgan fingerprint density at radius 2 is 2.25 bits per heavy atom. The first kappa shape index (κ1) is 12.5. The number of hydrogen-bond acceptors (Lipinski definition) is 4. The van der Waals surface area contributed by atoms with E-state index in [9.17, 15) is 4.79 Å². The molecule has 0 spiro atoms. The molecule has 0 aromatic heterocycles. The second-order valence-corrected chi connectivity index (χ2v) is 4.09. The van der Waals surface area contributed by atoms with Crippen LogP contribution in [-0.2, 0) is 4.74 Å². The Balaban J connectivity index is 2.56. The smallest absolute Gasteiger partial charge is 0.338 e. The van der Waals surface area contributed by atoms with E-state index in [-0.39, 0.29) is 6.61 Å². The number of nitriles is 1. The SMILES string of the molecule is N#CCCCOC(=O)c1cc(N)cc(Br)c1. The van der Waals surface area contributed by atoms with E-state index in [2.05, 4.69) is 15.9 Å². The van der Waals surface area contributed by atoms with Crippen LogP contribution in [0.3, 0.4) is 0 Å². The Morgan fingerprint density at radius 3 is 2.88 bits per heavy atom. The van der Waals surface area contributed by atoms with E-state index in [1.54, 1.807) is 18.2 Å². The van der Waals surface area contributed by atoms with Crippen molar-refractivity contribution >= 4 is 27.6 Å². The molecule has 1 aromatic rings. The first-order chi connectivity index (χ1) is 7.63. The summed E-state index contributed by atoms with van der Waals surface area (Å²) >= 11 is 3.24. The summed E-state index contributed by atoms with van der Waals surface area (Å²) in [6, 6.07) is 6.88. The van der Waals surface area contributed by atoms with E-state index >= 15 is 0 Å². The molecule has 0 aliphatic heterocycles. The van der Waals surface area contributed by atoms with E-state index in [1.165, 1.54) is 0 Å². The zero-order chi connectivity index (χ0) is 12.0. The normalized spacial score (nSPS) is 9.50. The first-order valence-corrected chi connectivity index (χ1v) is 5.53. The Hall–Kier alpha value is -1.54. The fourth-order valence-corrected chi connectivity index (χ4v) is 1.64. The van der Waals surface area contributed by atoms with Crippen LogP contribution in [0.5, 0.6) is 0 Å². The Kier molecular flexibility index (Phi) is 4.80. The van der Waals surface area contributed by atoms with Crippen molar-refractivity contribution in [1.29, 1.82) is 5.26 Å². The highest BCUT2D eigenvalue weighted by molar-refractivity contribution is 9.10. The molecule has 2 N–H and O–H groups in total. The largest absolute Gasteiger partial charge is 0.462 e. The minimum atomic E-state index is -0.425. The number of carbonyl (C=O) groups excluding carboxylic acids is 1. The van der Waals surface area contributed by atoms with Gasteiger partial charge < -0.3 is 10.5 Å². The number of nitrogens with zero attached hydrogens (tertiary/aromatic N) is 1. The van der Waals surface area contributed by atoms with Crippen molar-refractivity contribution in [2.24, 2.45) is 0 Å². The molecule has 0 bridgehead atoms. The number of rotatable bonds is 4. The topological polar surface area (TPSA) is 76.1 Å². The fraction of sp³-hybridized carbons (Fsp3) is 0.273. The quantitative estimate of drug-likeness (QED) is 0.523. The van der Waals surface area contributed by atoms with Crippen LogP contribution in [0.15, 0.2) is 22.7 Å². The number of nitrogen functional groups attached to an aromatic ring is 1. The van der Waals surface area contributed by atoms with Crippen molar-refractivity contribution in [2.75, 3.05) is 12.3 Å². The van der Waals surface area contributed by atoms with Gasteiger partial charge in [-0.2, -0.15) is 5.26 Å². The number of anilines is 1. The van der Waals surface area contributed by atoms with Gasteiger partial charge in [0, 0.05) is 16.6 Å². The third-order valence-electron chi connectivity index (χ3n) is 1.82. The van der Waals surface area contributed by atoms with Crippen LogP contribution in [0, 0.1) is 11.3 Å². The van der Waals surface area contributed by atoms with Crippen LogP contribution >= 0.6 is 15.9 Å². The first-order valence-electron chi connectivity index (χ1n) is 4.73. The van der Waals surface area contributed by atoms with Crippen molar-refractivity contribution < 1.29 is 9.53 Å². The number of carbonyl (C=O) groups is 1. The molecule has 1 rings (SSSR count). The highest BCUT2D eigenvalue weighted by Crippen LogP contribution is 2.17. The van der Waals surface area contributed by atoms with Gasteiger partial charge in [0.15, 0.2) is 0 Å². The number of ether oxygens (including phenoxy) is 1. The molecule has 1 aromatic carbocycles. The third-order valence-corrected chi connectivity index (χ3v) is 2.28. The third kappa shape index (κ3) is 3.91. The summed E-state index contributed by atoms with van der Waals surface area (Å²) < 4.78 is 5.71. The molecule has 16 heavy (non-hydrogen) atoms. The minimum absolute atomic E-state index is 0.249. The molecule has 84 valence electrons. The highest BCUT2D eigenvalue weighted by atomic mass is 79.9. The molecule has 0 aliphatic carbocycles. The minimum Gasteiger partial charge on any atom is -0.462 e. The lowest BCUT2D eigenvalue weighted by Gasteiger charge is -2.04. The average Bonchev–Trinajstić information content (AvgIpc) is 2.22. The summed E-state index contributed by atoms with van der Waals surface area (Å²) in [5.41, 5.74) is 6.50. The number of benzene rings is 1. The molecule has 0 heterocycles. The van der Waals surface area contributed by atoms with Crippen LogP contribution in [0.25, 0.3) is 0 Å². The maximum Gasteiger partial charge on any atom is 0.338 e. The Morgan fingerprint density at radius 1 is 1.50 bits per heavy atom. The van der Waals surface area contributed by atoms with Gasteiger partial charge in [0.1, 0.15) is 0 Å². The van der Waals surface area contributed by atoms with Gasteiger partial charge in [0.25, 0.3) is 0 Å². The van der Waals surface area contributed by atoms with Crippen molar-refractivity contribution in [3.63, 3.8) is 0 Å². The lowest BCUT2D eigenvalue weighted by atomic mass is 10.2. The number of esters is 1. The van der Waals surface area contributed by atoms with E-state index in [4.69, 9.17) is 15.7 Å². The molecule has 0 amide bonds.